The quantitative estimate of drug-likeness (QED) is 0.136. The van der Waals surface area contributed by atoms with Crippen LogP contribution in [-0.4, -0.2) is 29.9 Å². The molecule has 0 aliphatic rings. The van der Waals surface area contributed by atoms with E-state index in [1.54, 1.807) is 30.3 Å². The van der Waals surface area contributed by atoms with Crippen LogP contribution in [-0.2, 0) is 0 Å². The van der Waals surface area contributed by atoms with Gasteiger partial charge in [0, 0.05) is 34.4 Å². The van der Waals surface area contributed by atoms with Crippen molar-refractivity contribution in [2.75, 3.05) is 18.0 Å². The van der Waals surface area contributed by atoms with Crippen LogP contribution in [0.1, 0.15) is 34.3 Å². The molecule has 1 amide bonds. The van der Waals surface area contributed by atoms with Crippen LogP contribution in [0.2, 0.25) is 10.0 Å². The van der Waals surface area contributed by atoms with Crippen molar-refractivity contribution in [3.63, 3.8) is 0 Å². The Labute approximate surface area is 230 Å². The number of hydrogen-bond donors (Lipinski definition) is 2. The summed E-state index contributed by atoms with van der Waals surface area (Å²) < 4.78 is 0. The average Bonchev–Trinajstić information content (AvgIpc) is 2.90. The number of nitrogens with zero attached hydrogens (tertiary/aromatic N) is 6. The molecule has 0 heterocycles. The molecular weight excluding hydrogens is 525 g/mol. The van der Waals surface area contributed by atoms with Gasteiger partial charge < -0.3 is 10.0 Å². The monoisotopic (exact) mass is 547 g/mol. The Hall–Kier alpha value is -4.44. The van der Waals surface area contributed by atoms with Crippen LogP contribution in [0.25, 0.3) is 0 Å². The summed E-state index contributed by atoms with van der Waals surface area (Å²) in [7, 11) is 0. The number of hydrazone groups is 1. The number of anilines is 1. The number of aryl methyl sites for hydroxylation is 1. The summed E-state index contributed by atoms with van der Waals surface area (Å²) in [5, 5.41) is 41.5. The average molecular weight is 548 g/mol. The largest absolute Gasteiger partial charge is 0.507 e. The smallest absolute Gasteiger partial charge is 0.275 e. The molecule has 0 saturated carbocycles. The van der Waals surface area contributed by atoms with Gasteiger partial charge in [-0.3, -0.25) is 4.79 Å². The number of phenolic OH excluding ortho intramolecular Hbond substituents is 1. The highest BCUT2D eigenvalue weighted by molar-refractivity contribution is 6.31. The zero-order valence-corrected chi connectivity index (χ0v) is 21.9. The molecule has 2 N–H and O–H groups in total. The Morgan fingerprint density at radius 3 is 2.34 bits per heavy atom. The molecule has 0 radical (unpaired) electrons. The summed E-state index contributed by atoms with van der Waals surface area (Å²) in [6.45, 7) is 2.80. The number of amidine groups is 1. The molecule has 0 aliphatic heterocycles. The highest BCUT2D eigenvalue weighted by Crippen LogP contribution is 2.24. The van der Waals surface area contributed by atoms with Crippen molar-refractivity contribution in [3.05, 3.63) is 87.4 Å². The van der Waals surface area contributed by atoms with Crippen molar-refractivity contribution in [2.24, 2.45) is 15.3 Å². The number of carbonyl (C=O) groups excluding carboxylic acids is 1. The maximum absolute atomic E-state index is 12.7. The standard InChI is InChI=1S/C27H23Cl2N7O2/c1-18-15-22(36(13-3-11-30)14-4-12-31)8-9-23(18)26(33-32-21-6-2-5-19(28)16-21)34-35-27(38)24-17-20(29)7-10-25(24)37/h2,5-10,15-17,37H,3-4,13-14H2,1H3,(H,35,38)/b33-32?,34-26+. The third-order valence-electron chi connectivity index (χ3n) is 5.34. The highest BCUT2D eigenvalue weighted by Gasteiger charge is 2.15. The van der Waals surface area contributed by atoms with E-state index in [4.69, 9.17) is 33.7 Å². The molecule has 11 heteroatoms. The Balaban J connectivity index is 1.98. The molecule has 9 nitrogen and oxygen atoms in total. The molecule has 0 aromatic heterocycles. The molecule has 3 aromatic rings. The number of hydrogen-bond acceptors (Lipinski definition) is 7. The lowest BCUT2D eigenvalue weighted by Crippen LogP contribution is -2.25. The van der Waals surface area contributed by atoms with Gasteiger partial charge in [0.25, 0.3) is 5.91 Å². The van der Waals surface area contributed by atoms with Crippen LogP contribution in [0.15, 0.2) is 76.0 Å². The molecule has 3 rings (SSSR count). The van der Waals surface area contributed by atoms with Gasteiger partial charge in [-0.25, -0.2) is 5.43 Å². The first kappa shape index (κ1) is 28.1. The predicted octanol–water partition coefficient (Wildman–Crippen LogP) is 6.52. The summed E-state index contributed by atoms with van der Waals surface area (Å²) in [5.74, 6) is -0.835. The predicted molar refractivity (Wildman–Crippen MR) is 147 cm³/mol. The molecule has 3 aromatic carbocycles. The minimum Gasteiger partial charge on any atom is -0.507 e. The van der Waals surface area contributed by atoms with Crippen LogP contribution >= 0.6 is 23.2 Å². The first-order valence-corrected chi connectivity index (χ1v) is 12.2. The van der Waals surface area contributed by atoms with Gasteiger partial charge >= 0.3 is 0 Å². The zero-order valence-electron chi connectivity index (χ0n) is 20.4. The normalized spacial score (nSPS) is 11.1. The van der Waals surface area contributed by atoms with E-state index in [1.807, 2.05) is 24.0 Å². The fourth-order valence-corrected chi connectivity index (χ4v) is 3.83. The maximum Gasteiger partial charge on any atom is 0.275 e. The van der Waals surface area contributed by atoms with Crippen LogP contribution in [0.4, 0.5) is 11.4 Å². The van der Waals surface area contributed by atoms with Gasteiger partial charge in [0.1, 0.15) is 5.75 Å². The van der Waals surface area contributed by atoms with Gasteiger partial charge in [0.2, 0.25) is 5.84 Å². The van der Waals surface area contributed by atoms with E-state index in [0.717, 1.165) is 11.3 Å². The number of amides is 1. The summed E-state index contributed by atoms with van der Waals surface area (Å²) >= 11 is 12.0. The van der Waals surface area contributed by atoms with Gasteiger partial charge in [-0.1, -0.05) is 29.3 Å². The third kappa shape index (κ3) is 7.78. The van der Waals surface area contributed by atoms with E-state index in [2.05, 4.69) is 32.9 Å². The highest BCUT2D eigenvalue weighted by atomic mass is 35.5. The number of halogens is 2. The number of carbonyl (C=O) groups is 1. The fourth-order valence-electron chi connectivity index (χ4n) is 3.47. The van der Waals surface area contributed by atoms with E-state index in [0.29, 0.717) is 42.2 Å². The third-order valence-corrected chi connectivity index (χ3v) is 5.81. The molecular formula is C27H23Cl2N7O2. The van der Waals surface area contributed by atoms with Gasteiger partial charge in [-0.2, -0.15) is 10.5 Å². The summed E-state index contributed by atoms with van der Waals surface area (Å²) in [6, 6.07) is 20.6. The van der Waals surface area contributed by atoms with E-state index in [1.165, 1.54) is 18.2 Å². The summed E-state index contributed by atoms with van der Waals surface area (Å²) in [4.78, 5) is 14.7. The van der Waals surface area contributed by atoms with Gasteiger partial charge in [0.05, 0.1) is 36.2 Å². The second kappa shape index (κ2) is 13.8. The minimum atomic E-state index is -0.686. The van der Waals surface area contributed by atoms with E-state index < -0.39 is 5.91 Å². The topological polar surface area (TPSA) is 137 Å². The molecule has 192 valence electrons. The van der Waals surface area contributed by atoms with Gasteiger partial charge in [0.15, 0.2) is 0 Å². The molecule has 0 aliphatic carbocycles. The zero-order chi connectivity index (χ0) is 27.5. The minimum absolute atomic E-state index is 0.0509. The summed E-state index contributed by atoms with van der Waals surface area (Å²) in [5.41, 5.74) is 5.01. The number of nitriles is 2. The van der Waals surface area contributed by atoms with E-state index >= 15 is 0 Å². The van der Waals surface area contributed by atoms with Crippen LogP contribution in [0, 0.1) is 29.6 Å². The number of phenols is 1. The molecule has 0 spiro atoms. The van der Waals surface area contributed by atoms with Gasteiger partial charge in [-0.05, 0) is 67.1 Å². The fraction of sp³-hybridized carbons (Fsp3) is 0.185. The Morgan fingerprint density at radius 2 is 1.68 bits per heavy atom. The maximum atomic E-state index is 12.7. The molecule has 0 atom stereocenters. The SMILES string of the molecule is Cc1cc(N(CCC#N)CCC#N)ccc1/C(N=Nc1cccc(Cl)c1)=N\NC(=O)c1cc(Cl)ccc1O. The Bertz CT molecular complexity index is 1440. The second-order valence-electron chi connectivity index (χ2n) is 8.02. The number of aromatic hydroxyl groups is 1. The Kier molecular flexibility index (Phi) is 10.2. The lowest BCUT2D eigenvalue weighted by Gasteiger charge is -2.23. The Morgan fingerprint density at radius 1 is 0.974 bits per heavy atom. The van der Waals surface area contributed by atoms with Crippen LogP contribution in [0.3, 0.4) is 0 Å². The van der Waals surface area contributed by atoms with Crippen molar-refractivity contribution in [3.8, 4) is 17.9 Å². The number of rotatable bonds is 9. The van der Waals surface area contributed by atoms with Crippen LogP contribution in [0.5, 0.6) is 5.75 Å². The molecule has 0 saturated heterocycles. The lowest BCUT2D eigenvalue weighted by molar-refractivity contribution is 0.0952. The van der Waals surface area contributed by atoms with Crippen LogP contribution < -0.4 is 10.3 Å². The first-order valence-electron chi connectivity index (χ1n) is 11.5. The van der Waals surface area contributed by atoms with Crippen molar-refractivity contribution >= 4 is 46.3 Å². The molecule has 0 bridgehead atoms. The first-order chi connectivity index (χ1) is 18.3. The van der Waals surface area contributed by atoms with Crippen molar-refractivity contribution in [2.45, 2.75) is 19.8 Å². The molecule has 0 fully saturated rings. The van der Waals surface area contributed by atoms with Gasteiger partial charge in [-0.15, -0.1) is 15.3 Å². The molecule has 38 heavy (non-hydrogen) atoms. The van der Waals surface area contributed by atoms with E-state index in [9.17, 15) is 9.90 Å². The van der Waals surface area contributed by atoms with E-state index in [-0.39, 0.29) is 22.2 Å². The second-order valence-corrected chi connectivity index (χ2v) is 8.89. The number of benzene rings is 3. The van der Waals surface area contributed by atoms with Crippen molar-refractivity contribution in [1.82, 2.24) is 5.43 Å². The number of nitrogens with one attached hydrogen (secondary N) is 1. The van der Waals surface area contributed by atoms with Crippen molar-refractivity contribution < 1.29 is 9.90 Å². The lowest BCUT2D eigenvalue weighted by atomic mass is 10.1. The van der Waals surface area contributed by atoms with Crippen molar-refractivity contribution in [1.29, 1.82) is 10.5 Å². The number of azo groups is 1. The molecule has 0 unspecified atom stereocenters. The summed E-state index contributed by atoms with van der Waals surface area (Å²) in [6.07, 6.45) is 0.629.